The van der Waals surface area contributed by atoms with Crippen molar-refractivity contribution in [3.8, 4) is 12.1 Å². The standard InChI is InChI=1S/C23H32N6/c1-2-27(14-15-29-13-10-26-23(29)22(16-24)17-25)18-20-6-8-21(9-7-20)19-28-11-4-3-5-12-28/h6-9,26H,2-5,10-15,18-19H2,1H3. The SMILES string of the molecule is CCN(CCN1CCNC1=C(C#N)C#N)Cc1ccc(CN2CCCCC2)cc1. The average Bonchev–Trinajstić information content (AvgIpc) is 3.22. The van der Waals surface area contributed by atoms with Crippen LogP contribution in [-0.4, -0.2) is 60.5 Å². The van der Waals surface area contributed by atoms with Gasteiger partial charge in [0.2, 0.25) is 0 Å². The lowest BCUT2D eigenvalue weighted by molar-refractivity contribution is 0.221. The Bertz CT molecular complexity index is 748. The molecule has 2 fully saturated rings. The maximum absolute atomic E-state index is 9.14. The van der Waals surface area contributed by atoms with E-state index < -0.39 is 0 Å². The largest absolute Gasteiger partial charge is 0.368 e. The van der Waals surface area contributed by atoms with Crippen molar-refractivity contribution >= 4 is 0 Å². The number of rotatable bonds is 8. The maximum Gasteiger partial charge on any atom is 0.169 e. The summed E-state index contributed by atoms with van der Waals surface area (Å²) in [7, 11) is 0. The second-order valence-corrected chi connectivity index (χ2v) is 7.88. The zero-order valence-electron chi connectivity index (χ0n) is 17.5. The van der Waals surface area contributed by atoms with Gasteiger partial charge < -0.3 is 10.2 Å². The first-order valence-electron chi connectivity index (χ1n) is 10.8. The third-order valence-electron chi connectivity index (χ3n) is 5.87. The topological polar surface area (TPSA) is 69.3 Å². The minimum Gasteiger partial charge on any atom is -0.368 e. The normalized spacial score (nSPS) is 17.1. The first kappa shape index (κ1) is 21.2. The van der Waals surface area contributed by atoms with Crippen molar-refractivity contribution in [3.63, 3.8) is 0 Å². The highest BCUT2D eigenvalue weighted by Gasteiger charge is 2.21. The highest BCUT2D eigenvalue weighted by atomic mass is 15.3. The number of allylic oxidation sites excluding steroid dienone is 1. The van der Waals surface area contributed by atoms with Crippen molar-refractivity contribution in [2.75, 3.05) is 45.8 Å². The van der Waals surface area contributed by atoms with Gasteiger partial charge in [-0.1, -0.05) is 37.6 Å². The van der Waals surface area contributed by atoms with Gasteiger partial charge in [-0.25, -0.2) is 0 Å². The first-order chi connectivity index (χ1) is 14.2. The average molecular weight is 393 g/mol. The summed E-state index contributed by atoms with van der Waals surface area (Å²) in [4.78, 5) is 7.09. The molecule has 6 heteroatoms. The van der Waals surface area contributed by atoms with Crippen LogP contribution in [0.15, 0.2) is 35.7 Å². The third kappa shape index (κ3) is 5.97. The predicted molar refractivity (Wildman–Crippen MR) is 114 cm³/mol. The van der Waals surface area contributed by atoms with E-state index in [1.165, 1.54) is 43.5 Å². The predicted octanol–water partition coefficient (Wildman–Crippen LogP) is 2.66. The number of nitrogens with zero attached hydrogens (tertiary/aromatic N) is 5. The van der Waals surface area contributed by atoms with Gasteiger partial charge in [-0.05, 0) is 43.6 Å². The molecule has 1 N–H and O–H groups in total. The van der Waals surface area contributed by atoms with E-state index in [1.54, 1.807) is 0 Å². The van der Waals surface area contributed by atoms with E-state index in [9.17, 15) is 0 Å². The molecule has 0 aromatic heterocycles. The van der Waals surface area contributed by atoms with Gasteiger partial charge in [0, 0.05) is 39.3 Å². The summed E-state index contributed by atoms with van der Waals surface area (Å²) in [5.41, 5.74) is 2.91. The van der Waals surface area contributed by atoms with Crippen molar-refractivity contribution in [1.29, 1.82) is 10.5 Å². The van der Waals surface area contributed by atoms with E-state index in [0.29, 0.717) is 5.82 Å². The Morgan fingerprint density at radius 2 is 1.72 bits per heavy atom. The molecule has 6 nitrogen and oxygen atoms in total. The molecule has 2 aliphatic rings. The lowest BCUT2D eigenvalue weighted by Gasteiger charge is -2.27. The Kier molecular flexibility index (Phi) is 7.93. The van der Waals surface area contributed by atoms with Gasteiger partial charge in [-0.3, -0.25) is 9.80 Å². The number of benzene rings is 1. The van der Waals surface area contributed by atoms with E-state index >= 15 is 0 Å². The van der Waals surface area contributed by atoms with Crippen molar-refractivity contribution in [2.24, 2.45) is 0 Å². The third-order valence-corrected chi connectivity index (χ3v) is 5.87. The zero-order chi connectivity index (χ0) is 20.5. The van der Waals surface area contributed by atoms with Crippen LogP contribution in [0.4, 0.5) is 0 Å². The molecule has 0 atom stereocenters. The van der Waals surface area contributed by atoms with Gasteiger partial charge in [-0.2, -0.15) is 10.5 Å². The number of piperidine rings is 1. The molecule has 0 saturated carbocycles. The molecule has 3 rings (SSSR count). The molecule has 0 aliphatic carbocycles. The van der Waals surface area contributed by atoms with Crippen LogP contribution in [0.3, 0.4) is 0 Å². The Balaban J connectivity index is 1.51. The quantitative estimate of drug-likeness (QED) is 0.686. The molecule has 0 spiro atoms. The maximum atomic E-state index is 9.14. The lowest BCUT2D eigenvalue weighted by Crippen LogP contribution is -2.34. The van der Waals surface area contributed by atoms with Crippen LogP contribution in [0.25, 0.3) is 0 Å². The van der Waals surface area contributed by atoms with Gasteiger partial charge in [0.15, 0.2) is 5.57 Å². The summed E-state index contributed by atoms with van der Waals surface area (Å²) < 4.78 is 0. The number of hydrogen-bond donors (Lipinski definition) is 1. The van der Waals surface area contributed by atoms with Crippen LogP contribution >= 0.6 is 0 Å². The van der Waals surface area contributed by atoms with Crippen molar-refractivity contribution < 1.29 is 0 Å². The number of likely N-dealkylation sites (tertiary alicyclic amines) is 1. The molecule has 29 heavy (non-hydrogen) atoms. The van der Waals surface area contributed by atoms with E-state index in [1.807, 2.05) is 12.1 Å². The molecule has 1 aromatic rings. The summed E-state index contributed by atoms with van der Waals surface area (Å²) in [6.07, 6.45) is 4.04. The van der Waals surface area contributed by atoms with Gasteiger partial charge in [0.05, 0.1) is 0 Å². The van der Waals surface area contributed by atoms with E-state index in [2.05, 4.69) is 51.2 Å². The molecule has 0 unspecified atom stereocenters. The molecular formula is C23H32N6. The van der Waals surface area contributed by atoms with Gasteiger partial charge in [0.1, 0.15) is 18.0 Å². The fraction of sp³-hybridized carbons (Fsp3) is 0.565. The number of nitriles is 2. The Labute approximate surface area is 175 Å². The van der Waals surface area contributed by atoms with Crippen molar-refractivity contribution in [1.82, 2.24) is 20.0 Å². The molecule has 0 radical (unpaired) electrons. The van der Waals surface area contributed by atoms with Crippen molar-refractivity contribution in [2.45, 2.75) is 39.3 Å². The van der Waals surface area contributed by atoms with Crippen LogP contribution < -0.4 is 5.32 Å². The monoisotopic (exact) mass is 392 g/mol. The smallest absolute Gasteiger partial charge is 0.169 e. The van der Waals surface area contributed by atoms with E-state index in [-0.39, 0.29) is 5.57 Å². The summed E-state index contributed by atoms with van der Waals surface area (Å²) in [5, 5.41) is 21.5. The second kappa shape index (κ2) is 10.9. The minimum absolute atomic E-state index is 0.176. The van der Waals surface area contributed by atoms with Crippen LogP contribution in [0.5, 0.6) is 0 Å². The number of nitrogens with one attached hydrogen (secondary N) is 1. The number of likely N-dealkylation sites (N-methyl/N-ethyl adjacent to an activating group) is 1. The summed E-state index contributed by atoms with van der Waals surface area (Å²) >= 11 is 0. The first-order valence-corrected chi connectivity index (χ1v) is 10.8. The number of hydrogen-bond acceptors (Lipinski definition) is 6. The van der Waals surface area contributed by atoms with Crippen LogP contribution in [0.1, 0.15) is 37.3 Å². The molecule has 1 aromatic carbocycles. The molecule has 2 aliphatic heterocycles. The summed E-state index contributed by atoms with van der Waals surface area (Å²) in [6.45, 7) is 10.9. The fourth-order valence-corrected chi connectivity index (χ4v) is 4.13. The van der Waals surface area contributed by atoms with Gasteiger partial charge in [-0.15, -0.1) is 0 Å². The Morgan fingerprint density at radius 1 is 1.03 bits per heavy atom. The summed E-state index contributed by atoms with van der Waals surface area (Å²) in [6, 6.07) is 13.1. The molecule has 154 valence electrons. The lowest BCUT2D eigenvalue weighted by atomic mass is 10.1. The second-order valence-electron chi connectivity index (χ2n) is 7.88. The van der Waals surface area contributed by atoms with Crippen LogP contribution in [0, 0.1) is 22.7 Å². The highest BCUT2D eigenvalue weighted by Crippen LogP contribution is 2.15. The molecule has 0 bridgehead atoms. The molecular weight excluding hydrogens is 360 g/mol. The molecule has 2 heterocycles. The molecule has 0 amide bonds. The minimum atomic E-state index is 0.176. The fourth-order valence-electron chi connectivity index (χ4n) is 4.13. The van der Waals surface area contributed by atoms with E-state index in [4.69, 9.17) is 10.5 Å². The zero-order valence-corrected chi connectivity index (χ0v) is 17.5. The van der Waals surface area contributed by atoms with Gasteiger partial charge >= 0.3 is 0 Å². The molecule has 2 saturated heterocycles. The van der Waals surface area contributed by atoms with Crippen LogP contribution in [0.2, 0.25) is 0 Å². The van der Waals surface area contributed by atoms with Crippen molar-refractivity contribution in [3.05, 3.63) is 46.8 Å². The summed E-state index contributed by atoms with van der Waals surface area (Å²) in [5.74, 6) is 0.688. The highest BCUT2D eigenvalue weighted by molar-refractivity contribution is 5.39. The Morgan fingerprint density at radius 3 is 2.38 bits per heavy atom. The van der Waals surface area contributed by atoms with E-state index in [0.717, 1.165) is 45.8 Å². The van der Waals surface area contributed by atoms with Crippen LogP contribution in [-0.2, 0) is 13.1 Å². The Hall–Kier alpha value is -2.54. The van der Waals surface area contributed by atoms with Gasteiger partial charge in [0.25, 0.3) is 0 Å².